The second-order valence-corrected chi connectivity index (χ2v) is 2.81. The minimum Gasteiger partial charge on any atom is -0.398 e. The molecular weight excluding hydrogens is 181 g/mol. The summed E-state index contributed by atoms with van der Waals surface area (Å²) in [4.78, 5) is 0. The fourth-order valence-electron chi connectivity index (χ4n) is 0.973. The van der Waals surface area contributed by atoms with Crippen molar-refractivity contribution in [3.63, 3.8) is 0 Å². The molecule has 3 N–H and O–H groups in total. The molecule has 66 valence electrons. The van der Waals surface area contributed by atoms with Gasteiger partial charge in [0.15, 0.2) is 0 Å². The third-order valence-corrected chi connectivity index (χ3v) is 1.89. The highest BCUT2D eigenvalue weighted by Crippen LogP contribution is 2.23. The molecule has 0 saturated carbocycles. The molecule has 0 heterocycles. The topological polar surface area (TPSA) is 46.2 Å². The summed E-state index contributed by atoms with van der Waals surface area (Å²) in [5.74, 6) is -0.536. The largest absolute Gasteiger partial charge is 0.398 e. The van der Waals surface area contributed by atoms with Gasteiger partial charge in [-0.1, -0.05) is 11.6 Å². The second-order valence-electron chi connectivity index (χ2n) is 2.40. The molecular formula is C8H9ClFNO. The van der Waals surface area contributed by atoms with Crippen LogP contribution in [0.2, 0.25) is 5.02 Å². The molecule has 0 fully saturated rings. The number of nitrogens with two attached hydrogens (primary N) is 1. The zero-order valence-corrected chi connectivity index (χ0v) is 7.11. The molecule has 0 aliphatic rings. The van der Waals surface area contributed by atoms with Crippen molar-refractivity contribution in [2.24, 2.45) is 0 Å². The molecule has 0 aliphatic heterocycles. The summed E-state index contributed by atoms with van der Waals surface area (Å²) in [6.45, 7) is -0.137. The Morgan fingerprint density at radius 2 is 2.17 bits per heavy atom. The summed E-state index contributed by atoms with van der Waals surface area (Å²) in [6, 6.07) is 2.92. The van der Waals surface area contributed by atoms with Gasteiger partial charge in [0.05, 0.1) is 5.02 Å². The first-order valence-electron chi connectivity index (χ1n) is 3.50. The number of anilines is 1. The van der Waals surface area contributed by atoms with Gasteiger partial charge in [0.2, 0.25) is 0 Å². The quantitative estimate of drug-likeness (QED) is 0.695. The SMILES string of the molecule is Nc1ccc(Cl)c(F)c1CCO. The molecule has 1 aromatic rings. The monoisotopic (exact) mass is 189 g/mol. The van der Waals surface area contributed by atoms with Gasteiger partial charge < -0.3 is 10.8 Å². The van der Waals surface area contributed by atoms with Crippen LogP contribution in [-0.2, 0) is 6.42 Å². The lowest BCUT2D eigenvalue weighted by Gasteiger charge is -2.05. The molecule has 0 unspecified atom stereocenters. The van der Waals surface area contributed by atoms with E-state index in [2.05, 4.69) is 0 Å². The number of hydrogen-bond donors (Lipinski definition) is 2. The summed E-state index contributed by atoms with van der Waals surface area (Å²) < 4.78 is 13.1. The van der Waals surface area contributed by atoms with Crippen molar-refractivity contribution < 1.29 is 9.50 Å². The molecule has 0 bridgehead atoms. The minimum absolute atomic E-state index is 0.0349. The van der Waals surface area contributed by atoms with Crippen LogP contribution in [0.1, 0.15) is 5.56 Å². The Hall–Kier alpha value is -0.800. The Kier molecular flexibility index (Phi) is 2.89. The van der Waals surface area contributed by atoms with Crippen LogP contribution in [0.3, 0.4) is 0 Å². The van der Waals surface area contributed by atoms with Crippen molar-refractivity contribution in [3.8, 4) is 0 Å². The highest BCUT2D eigenvalue weighted by molar-refractivity contribution is 6.30. The lowest BCUT2D eigenvalue weighted by Crippen LogP contribution is -2.01. The molecule has 0 aliphatic carbocycles. The van der Waals surface area contributed by atoms with Crippen LogP contribution < -0.4 is 5.73 Å². The zero-order valence-electron chi connectivity index (χ0n) is 6.35. The van der Waals surface area contributed by atoms with Gasteiger partial charge >= 0.3 is 0 Å². The van der Waals surface area contributed by atoms with E-state index in [4.69, 9.17) is 22.4 Å². The van der Waals surface area contributed by atoms with E-state index in [0.29, 0.717) is 5.69 Å². The summed E-state index contributed by atoms with van der Waals surface area (Å²) in [6.07, 6.45) is 0.193. The third-order valence-electron chi connectivity index (χ3n) is 1.59. The highest BCUT2D eigenvalue weighted by atomic mass is 35.5. The van der Waals surface area contributed by atoms with Gasteiger partial charge in [0.1, 0.15) is 5.82 Å². The smallest absolute Gasteiger partial charge is 0.147 e. The van der Waals surface area contributed by atoms with E-state index < -0.39 is 5.82 Å². The van der Waals surface area contributed by atoms with Gasteiger partial charge in [-0.3, -0.25) is 0 Å². The number of aliphatic hydroxyl groups is 1. The molecule has 0 atom stereocenters. The second kappa shape index (κ2) is 3.74. The zero-order chi connectivity index (χ0) is 9.14. The maximum atomic E-state index is 13.1. The summed E-state index contributed by atoms with van der Waals surface area (Å²) in [5.41, 5.74) is 6.07. The van der Waals surface area contributed by atoms with Gasteiger partial charge in [-0.05, 0) is 12.1 Å². The molecule has 4 heteroatoms. The lowest BCUT2D eigenvalue weighted by atomic mass is 10.1. The Morgan fingerprint density at radius 3 is 2.75 bits per heavy atom. The Morgan fingerprint density at radius 1 is 1.50 bits per heavy atom. The normalized spacial score (nSPS) is 10.2. The molecule has 0 radical (unpaired) electrons. The van der Waals surface area contributed by atoms with Crippen LogP contribution in [0.5, 0.6) is 0 Å². The van der Waals surface area contributed by atoms with E-state index in [1.165, 1.54) is 12.1 Å². The fourth-order valence-corrected chi connectivity index (χ4v) is 1.15. The van der Waals surface area contributed by atoms with E-state index in [1.807, 2.05) is 0 Å². The van der Waals surface area contributed by atoms with Crippen molar-refractivity contribution in [1.82, 2.24) is 0 Å². The first-order valence-corrected chi connectivity index (χ1v) is 3.88. The number of nitrogen functional groups attached to an aromatic ring is 1. The molecule has 1 rings (SSSR count). The number of aliphatic hydroxyl groups excluding tert-OH is 1. The molecule has 12 heavy (non-hydrogen) atoms. The van der Waals surface area contributed by atoms with E-state index in [0.717, 1.165) is 0 Å². The fraction of sp³-hybridized carbons (Fsp3) is 0.250. The van der Waals surface area contributed by atoms with E-state index in [9.17, 15) is 4.39 Å². The van der Waals surface area contributed by atoms with Crippen LogP contribution in [0.15, 0.2) is 12.1 Å². The van der Waals surface area contributed by atoms with Crippen LogP contribution in [-0.4, -0.2) is 11.7 Å². The van der Waals surface area contributed by atoms with Crippen molar-refractivity contribution in [2.45, 2.75) is 6.42 Å². The standard InChI is InChI=1S/C8H9ClFNO/c9-6-1-2-7(11)5(3-4-12)8(6)10/h1-2,12H,3-4,11H2. The number of rotatable bonds is 2. The van der Waals surface area contributed by atoms with Gasteiger partial charge in [0.25, 0.3) is 0 Å². The molecule has 0 aromatic heterocycles. The molecule has 2 nitrogen and oxygen atoms in total. The van der Waals surface area contributed by atoms with Crippen molar-refractivity contribution >= 4 is 17.3 Å². The Labute approximate surface area is 74.8 Å². The van der Waals surface area contributed by atoms with Gasteiger partial charge in [-0.2, -0.15) is 0 Å². The average Bonchev–Trinajstić information content (AvgIpc) is 2.06. The van der Waals surface area contributed by atoms with E-state index in [1.54, 1.807) is 0 Å². The van der Waals surface area contributed by atoms with Crippen molar-refractivity contribution in [3.05, 3.63) is 28.5 Å². The summed E-state index contributed by atoms with van der Waals surface area (Å²) >= 11 is 5.51. The minimum atomic E-state index is -0.536. The molecule has 1 aromatic carbocycles. The number of hydrogen-bond acceptors (Lipinski definition) is 2. The third kappa shape index (κ3) is 1.68. The van der Waals surface area contributed by atoms with E-state index >= 15 is 0 Å². The predicted octanol–water partition coefficient (Wildman–Crippen LogP) is 1.60. The summed E-state index contributed by atoms with van der Waals surface area (Å²) in [5, 5.41) is 8.63. The molecule has 0 saturated heterocycles. The Bertz CT molecular complexity index is 291. The van der Waals surface area contributed by atoms with Gasteiger partial charge in [0, 0.05) is 24.3 Å². The van der Waals surface area contributed by atoms with Crippen molar-refractivity contribution in [2.75, 3.05) is 12.3 Å². The highest BCUT2D eigenvalue weighted by Gasteiger charge is 2.09. The van der Waals surface area contributed by atoms with Crippen LogP contribution in [0, 0.1) is 5.82 Å². The van der Waals surface area contributed by atoms with Gasteiger partial charge in [-0.15, -0.1) is 0 Å². The first kappa shape index (κ1) is 9.29. The van der Waals surface area contributed by atoms with Crippen LogP contribution >= 0.6 is 11.6 Å². The van der Waals surface area contributed by atoms with Crippen molar-refractivity contribution in [1.29, 1.82) is 0 Å². The predicted molar refractivity (Wildman–Crippen MR) is 46.6 cm³/mol. The number of benzene rings is 1. The maximum absolute atomic E-state index is 13.1. The van der Waals surface area contributed by atoms with Crippen LogP contribution in [0.4, 0.5) is 10.1 Å². The number of halogens is 2. The summed E-state index contributed by atoms with van der Waals surface area (Å²) in [7, 11) is 0. The van der Waals surface area contributed by atoms with E-state index in [-0.39, 0.29) is 23.6 Å². The molecule has 0 amide bonds. The average molecular weight is 190 g/mol. The first-order chi connectivity index (χ1) is 5.66. The Balaban J connectivity index is 3.14. The molecule has 0 spiro atoms. The van der Waals surface area contributed by atoms with Gasteiger partial charge in [-0.25, -0.2) is 4.39 Å². The maximum Gasteiger partial charge on any atom is 0.147 e. The lowest BCUT2D eigenvalue weighted by molar-refractivity contribution is 0.298. The van der Waals surface area contributed by atoms with Crippen LogP contribution in [0.25, 0.3) is 0 Å².